The average molecular weight is 523 g/mol. The Morgan fingerprint density at radius 3 is 2.46 bits per heavy atom. The third-order valence-electron chi connectivity index (χ3n) is 6.84. The van der Waals surface area contributed by atoms with Crippen molar-refractivity contribution in [2.75, 3.05) is 5.75 Å². The summed E-state index contributed by atoms with van der Waals surface area (Å²) >= 11 is 1.51. The molecule has 5 rings (SSSR count). The van der Waals surface area contributed by atoms with Gasteiger partial charge in [0.1, 0.15) is 29.8 Å². The number of rotatable bonds is 6. The molecule has 2 fully saturated rings. The molecule has 0 saturated carbocycles. The molecule has 2 aromatic carbocycles. The van der Waals surface area contributed by atoms with Crippen LogP contribution in [0.5, 0.6) is 0 Å². The number of hydrogen-bond donors (Lipinski definition) is 1. The van der Waals surface area contributed by atoms with Gasteiger partial charge in [-0.1, -0.05) is 30.3 Å². The number of hydrogen-bond acceptors (Lipinski definition) is 8. The fourth-order valence-corrected chi connectivity index (χ4v) is 6.37. The van der Waals surface area contributed by atoms with Gasteiger partial charge in [0.15, 0.2) is 0 Å². The Balaban J connectivity index is 1.32. The quantitative estimate of drug-likeness (QED) is 0.266. The number of nitro benzene ring substituents is 1. The van der Waals surface area contributed by atoms with Crippen LogP contribution in [0.2, 0.25) is 0 Å². The Morgan fingerprint density at radius 2 is 1.81 bits per heavy atom. The van der Waals surface area contributed by atoms with E-state index >= 15 is 0 Å². The number of ether oxygens (including phenoxy) is 1. The van der Waals surface area contributed by atoms with E-state index in [1.165, 1.54) is 40.9 Å². The van der Waals surface area contributed by atoms with Crippen LogP contribution in [-0.4, -0.2) is 55.3 Å². The SMILES string of the molecule is CC1=C(C(=O)OCc2ccc([N+](=O)[O-])cc2)N2C(=O)C(N3C(=O)C(c4ccccc4)NC3(C)C)[C@@H]2SC1. The maximum atomic E-state index is 13.5. The van der Waals surface area contributed by atoms with Crippen LogP contribution in [0.3, 0.4) is 0 Å². The number of carbonyl (C=O) groups is 3. The summed E-state index contributed by atoms with van der Waals surface area (Å²) in [5, 5.41) is 13.8. The van der Waals surface area contributed by atoms with Crippen molar-refractivity contribution in [3.8, 4) is 0 Å². The van der Waals surface area contributed by atoms with E-state index < -0.39 is 34.0 Å². The van der Waals surface area contributed by atoms with Crippen LogP contribution >= 0.6 is 11.8 Å². The van der Waals surface area contributed by atoms with Gasteiger partial charge in [-0.3, -0.25) is 29.9 Å². The molecule has 0 aromatic heterocycles. The van der Waals surface area contributed by atoms with Crippen molar-refractivity contribution in [1.82, 2.24) is 15.1 Å². The zero-order chi connectivity index (χ0) is 26.5. The van der Waals surface area contributed by atoms with E-state index in [2.05, 4.69) is 5.32 Å². The number of amides is 2. The number of non-ortho nitro benzene ring substituents is 1. The second-order valence-electron chi connectivity index (χ2n) is 9.74. The van der Waals surface area contributed by atoms with E-state index in [1.54, 1.807) is 11.8 Å². The first kappa shape index (κ1) is 25.0. The highest BCUT2D eigenvalue weighted by Crippen LogP contribution is 2.46. The Bertz CT molecular complexity index is 1310. The van der Waals surface area contributed by atoms with Gasteiger partial charge in [-0.05, 0) is 49.6 Å². The zero-order valence-corrected chi connectivity index (χ0v) is 21.4. The van der Waals surface area contributed by atoms with Crippen molar-refractivity contribution < 1.29 is 24.0 Å². The summed E-state index contributed by atoms with van der Waals surface area (Å²) in [6.45, 7) is 5.44. The smallest absolute Gasteiger partial charge is 0.355 e. The highest BCUT2D eigenvalue weighted by Gasteiger charge is 2.62. The molecule has 3 atom stereocenters. The van der Waals surface area contributed by atoms with Crippen LogP contribution in [0.15, 0.2) is 65.9 Å². The zero-order valence-electron chi connectivity index (χ0n) is 20.5. The molecular weight excluding hydrogens is 496 g/mol. The Hall–Kier alpha value is -3.70. The summed E-state index contributed by atoms with van der Waals surface area (Å²) in [4.78, 5) is 53.5. The molecular formula is C26H26N4O6S. The molecule has 0 bridgehead atoms. The molecule has 2 aromatic rings. The lowest BCUT2D eigenvalue weighted by Crippen LogP contribution is -2.73. The number of thioether (sulfide) groups is 1. The van der Waals surface area contributed by atoms with Crippen LogP contribution < -0.4 is 5.32 Å². The summed E-state index contributed by atoms with van der Waals surface area (Å²) in [7, 11) is 0. The lowest BCUT2D eigenvalue weighted by Gasteiger charge is -2.54. The topological polar surface area (TPSA) is 122 Å². The van der Waals surface area contributed by atoms with Gasteiger partial charge in [-0.15, -0.1) is 11.8 Å². The number of nitro groups is 1. The van der Waals surface area contributed by atoms with E-state index in [1.807, 2.05) is 44.2 Å². The number of benzene rings is 2. The Morgan fingerprint density at radius 1 is 1.14 bits per heavy atom. The lowest BCUT2D eigenvalue weighted by molar-refractivity contribution is -0.384. The van der Waals surface area contributed by atoms with Gasteiger partial charge in [0.05, 0.1) is 10.6 Å². The predicted octanol–water partition coefficient (Wildman–Crippen LogP) is 3.10. The maximum Gasteiger partial charge on any atom is 0.355 e. The molecule has 3 heterocycles. The molecule has 1 N–H and O–H groups in total. The molecule has 11 heteroatoms. The van der Waals surface area contributed by atoms with Crippen LogP contribution in [-0.2, 0) is 25.7 Å². The monoisotopic (exact) mass is 522 g/mol. The summed E-state index contributed by atoms with van der Waals surface area (Å²) < 4.78 is 5.47. The molecule has 2 unspecified atom stereocenters. The molecule has 3 aliphatic rings. The maximum absolute atomic E-state index is 13.5. The first-order valence-electron chi connectivity index (χ1n) is 11.8. The van der Waals surface area contributed by atoms with E-state index in [9.17, 15) is 24.5 Å². The summed E-state index contributed by atoms with van der Waals surface area (Å²) in [5.74, 6) is -0.621. The normalized spacial score (nSPS) is 24.6. The summed E-state index contributed by atoms with van der Waals surface area (Å²) in [5.41, 5.74) is 1.51. The van der Waals surface area contributed by atoms with E-state index in [4.69, 9.17) is 4.74 Å². The van der Waals surface area contributed by atoms with E-state index in [-0.39, 0.29) is 29.8 Å². The predicted molar refractivity (Wildman–Crippen MR) is 136 cm³/mol. The fourth-order valence-electron chi connectivity index (χ4n) is 5.03. The van der Waals surface area contributed by atoms with Gasteiger partial charge in [-0.2, -0.15) is 0 Å². The van der Waals surface area contributed by atoms with Crippen molar-refractivity contribution in [3.63, 3.8) is 0 Å². The van der Waals surface area contributed by atoms with Crippen LogP contribution in [0.1, 0.15) is 37.9 Å². The molecule has 0 aliphatic carbocycles. The van der Waals surface area contributed by atoms with Crippen LogP contribution in [0.25, 0.3) is 0 Å². The third-order valence-corrected chi connectivity index (χ3v) is 8.25. The summed E-state index contributed by atoms with van der Waals surface area (Å²) in [6, 6.07) is 13.8. The highest BCUT2D eigenvalue weighted by molar-refractivity contribution is 8.00. The van der Waals surface area contributed by atoms with Crippen molar-refractivity contribution in [2.45, 2.75) is 50.5 Å². The van der Waals surface area contributed by atoms with Crippen molar-refractivity contribution in [2.24, 2.45) is 0 Å². The first-order chi connectivity index (χ1) is 17.6. The van der Waals surface area contributed by atoms with Gasteiger partial charge in [0.25, 0.3) is 11.6 Å². The molecule has 3 aliphatic heterocycles. The Kier molecular flexibility index (Phi) is 6.28. The average Bonchev–Trinajstić information content (AvgIpc) is 3.12. The minimum atomic E-state index is -0.767. The standard InChI is InChI=1S/C26H26N4O6S/c1-15-14-37-24-21(29-22(31)19(27-26(29,2)3)17-7-5-4-6-8-17)23(32)28(24)20(15)25(33)36-13-16-9-11-18(12-10-16)30(34)35/h4-12,19,21,24,27H,13-14H2,1-3H3/t19?,21?,24-/m0/s1. The minimum Gasteiger partial charge on any atom is -0.456 e. The first-order valence-corrected chi connectivity index (χ1v) is 12.9. The molecule has 37 heavy (non-hydrogen) atoms. The number of carbonyl (C=O) groups excluding carboxylic acids is 3. The molecule has 2 amide bonds. The third kappa shape index (κ3) is 4.27. The molecule has 0 radical (unpaired) electrons. The van der Waals surface area contributed by atoms with E-state index in [0.717, 1.165) is 5.56 Å². The Labute approximate surface area is 217 Å². The largest absolute Gasteiger partial charge is 0.456 e. The van der Waals surface area contributed by atoms with Gasteiger partial charge in [0, 0.05) is 17.9 Å². The fraction of sp³-hybridized carbons (Fsp3) is 0.346. The van der Waals surface area contributed by atoms with Gasteiger partial charge >= 0.3 is 5.97 Å². The van der Waals surface area contributed by atoms with Gasteiger partial charge in [0.2, 0.25) is 5.91 Å². The van der Waals surface area contributed by atoms with Crippen LogP contribution in [0.4, 0.5) is 5.69 Å². The van der Waals surface area contributed by atoms with Gasteiger partial charge < -0.3 is 9.64 Å². The number of nitrogens with one attached hydrogen (secondary N) is 1. The molecule has 192 valence electrons. The van der Waals surface area contributed by atoms with Crippen molar-refractivity contribution in [1.29, 1.82) is 0 Å². The highest BCUT2D eigenvalue weighted by atomic mass is 32.2. The van der Waals surface area contributed by atoms with Crippen LogP contribution in [0, 0.1) is 10.1 Å². The van der Waals surface area contributed by atoms with Crippen molar-refractivity contribution in [3.05, 3.63) is 87.1 Å². The molecule has 0 spiro atoms. The minimum absolute atomic E-state index is 0.0543. The second kappa shape index (κ2) is 9.31. The number of fused-ring (bicyclic) bond motifs is 1. The molecule has 10 nitrogen and oxygen atoms in total. The second-order valence-corrected chi connectivity index (χ2v) is 10.8. The lowest BCUT2D eigenvalue weighted by atomic mass is 9.98. The number of nitrogens with zero attached hydrogens (tertiary/aromatic N) is 3. The summed E-state index contributed by atoms with van der Waals surface area (Å²) in [6.07, 6.45) is 0. The number of β-lactam (4-membered cyclic amide) rings is 1. The molecule has 2 saturated heterocycles. The van der Waals surface area contributed by atoms with E-state index in [0.29, 0.717) is 16.9 Å². The number of esters is 1. The van der Waals surface area contributed by atoms with Gasteiger partial charge in [-0.25, -0.2) is 4.79 Å². The van der Waals surface area contributed by atoms with Crippen molar-refractivity contribution >= 4 is 35.2 Å².